The first-order valence-corrected chi connectivity index (χ1v) is 6.29. The zero-order chi connectivity index (χ0) is 13.0. The lowest BCUT2D eigenvalue weighted by Gasteiger charge is -2.07. The molecule has 0 aliphatic heterocycles. The predicted octanol–water partition coefficient (Wildman–Crippen LogP) is 1.53. The van der Waals surface area contributed by atoms with Crippen molar-refractivity contribution < 1.29 is 15.0 Å². The molecule has 0 atom stereocenters. The Bertz CT molecular complexity index is 520. The summed E-state index contributed by atoms with van der Waals surface area (Å²) < 4.78 is 0. The van der Waals surface area contributed by atoms with Gasteiger partial charge in [-0.2, -0.15) is 0 Å². The van der Waals surface area contributed by atoms with Crippen LogP contribution in [0, 0.1) is 0 Å². The van der Waals surface area contributed by atoms with Crippen LogP contribution in [-0.2, 0) is 6.42 Å². The Morgan fingerprint density at radius 1 is 1.33 bits per heavy atom. The fourth-order valence-electron chi connectivity index (χ4n) is 1.51. The fourth-order valence-corrected chi connectivity index (χ4v) is 2.11. The maximum absolute atomic E-state index is 11.8. The standard InChI is InChI=1S/C12H12N2O3S/c15-9-2-1-3-10(16)11(9)12(17)13-5-4-8-6-18-7-14-8/h1-3,6-7,15-16H,4-5H2,(H,13,17). The number of carbonyl (C=O) groups excluding carboxylic acids is 1. The molecule has 1 heterocycles. The molecule has 3 N–H and O–H groups in total. The zero-order valence-electron chi connectivity index (χ0n) is 9.46. The number of phenols is 2. The van der Waals surface area contributed by atoms with Gasteiger partial charge >= 0.3 is 0 Å². The molecule has 0 aliphatic carbocycles. The van der Waals surface area contributed by atoms with Crippen LogP contribution in [0.1, 0.15) is 16.1 Å². The summed E-state index contributed by atoms with van der Waals surface area (Å²) in [6.45, 7) is 0.399. The molecule has 2 aromatic rings. The van der Waals surface area contributed by atoms with Crippen molar-refractivity contribution in [3.05, 3.63) is 40.3 Å². The Labute approximate surface area is 108 Å². The van der Waals surface area contributed by atoms with Gasteiger partial charge in [-0.15, -0.1) is 11.3 Å². The van der Waals surface area contributed by atoms with E-state index in [1.54, 1.807) is 5.51 Å². The van der Waals surface area contributed by atoms with E-state index in [-0.39, 0.29) is 17.1 Å². The number of hydrogen-bond acceptors (Lipinski definition) is 5. The van der Waals surface area contributed by atoms with E-state index in [0.717, 1.165) is 5.69 Å². The molecule has 0 saturated carbocycles. The lowest BCUT2D eigenvalue weighted by molar-refractivity contribution is 0.0948. The third kappa shape index (κ3) is 2.78. The van der Waals surface area contributed by atoms with Crippen LogP contribution >= 0.6 is 11.3 Å². The smallest absolute Gasteiger partial charge is 0.258 e. The second-order valence-corrected chi connectivity index (χ2v) is 4.38. The number of carbonyl (C=O) groups is 1. The van der Waals surface area contributed by atoms with Crippen LogP contribution in [0.25, 0.3) is 0 Å². The Morgan fingerprint density at radius 2 is 2.06 bits per heavy atom. The minimum absolute atomic E-state index is 0.101. The lowest BCUT2D eigenvalue weighted by atomic mass is 10.1. The molecule has 18 heavy (non-hydrogen) atoms. The topological polar surface area (TPSA) is 82.5 Å². The van der Waals surface area contributed by atoms with Crippen LogP contribution in [0.5, 0.6) is 11.5 Å². The van der Waals surface area contributed by atoms with E-state index in [2.05, 4.69) is 10.3 Å². The third-order valence-corrected chi connectivity index (χ3v) is 3.03. The number of aromatic nitrogens is 1. The summed E-state index contributed by atoms with van der Waals surface area (Å²) in [7, 11) is 0. The normalized spacial score (nSPS) is 10.2. The molecule has 0 bridgehead atoms. The van der Waals surface area contributed by atoms with Gasteiger partial charge in [-0.1, -0.05) is 6.07 Å². The molecule has 0 aliphatic rings. The van der Waals surface area contributed by atoms with Crippen LogP contribution in [-0.4, -0.2) is 27.6 Å². The first-order valence-electron chi connectivity index (χ1n) is 5.34. The van der Waals surface area contributed by atoms with Gasteiger partial charge in [0.2, 0.25) is 0 Å². The zero-order valence-corrected chi connectivity index (χ0v) is 10.3. The quantitative estimate of drug-likeness (QED) is 0.782. The highest BCUT2D eigenvalue weighted by Gasteiger charge is 2.15. The molecule has 5 nitrogen and oxygen atoms in total. The van der Waals surface area contributed by atoms with Gasteiger partial charge in [0.15, 0.2) is 0 Å². The molecule has 1 aromatic carbocycles. The lowest BCUT2D eigenvalue weighted by Crippen LogP contribution is -2.25. The van der Waals surface area contributed by atoms with Gasteiger partial charge in [-0.3, -0.25) is 4.79 Å². The highest BCUT2D eigenvalue weighted by atomic mass is 32.1. The predicted molar refractivity (Wildman–Crippen MR) is 67.9 cm³/mol. The monoisotopic (exact) mass is 264 g/mol. The molecule has 6 heteroatoms. The van der Waals surface area contributed by atoms with E-state index in [1.165, 1.54) is 29.5 Å². The van der Waals surface area contributed by atoms with Gasteiger partial charge in [0.1, 0.15) is 17.1 Å². The number of aromatic hydroxyl groups is 2. The summed E-state index contributed by atoms with van der Waals surface area (Å²) in [6.07, 6.45) is 0.615. The molecule has 94 valence electrons. The Hall–Kier alpha value is -2.08. The van der Waals surface area contributed by atoms with Crippen molar-refractivity contribution in [1.82, 2.24) is 10.3 Å². The first-order chi connectivity index (χ1) is 8.68. The molecular formula is C12H12N2O3S. The molecule has 1 amide bonds. The van der Waals surface area contributed by atoms with Gasteiger partial charge in [0.05, 0.1) is 11.2 Å². The van der Waals surface area contributed by atoms with Crippen LogP contribution in [0.4, 0.5) is 0 Å². The van der Waals surface area contributed by atoms with Crippen molar-refractivity contribution in [2.24, 2.45) is 0 Å². The summed E-state index contributed by atoms with van der Waals surface area (Å²) in [5.74, 6) is -0.969. The average Bonchev–Trinajstić information content (AvgIpc) is 2.82. The number of nitrogens with zero attached hydrogens (tertiary/aromatic N) is 1. The summed E-state index contributed by atoms with van der Waals surface area (Å²) >= 11 is 1.50. The second kappa shape index (κ2) is 5.50. The largest absolute Gasteiger partial charge is 0.507 e. The molecule has 0 saturated heterocycles. The number of benzene rings is 1. The van der Waals surface area contributed by atoms with Gasteiger partial charge < -0.3 is 15.5 Å². The molecular weight excluding hydrogens is 252 g/mol. The number of phenolic OH excluding ortho intramolecular Hbond substituents is 2. The fraction of sp³-hybridized carbons (Fsp3) is 0.167. The van der Waals surface area contributed by atoms with E-state index in [9.17, 15) is 15.0 Å². The van der Waals surface area contributed by atoms with E-state index in [0.29, 0.717) is 13.0 Å². The number of amides is 1. The Kier molecular flexibility index (Phi) is 3.78. The number of hydrogen-bond donors (Lipinski definition) is 3. The van der Waals surface area contributed by atoms with Crippen LogP contribution in [0.15, 0.2) is 29.1 Å². The highest BCUT2D eigenvalue weighted by molar-refractivity contribution is 7.07. The molecule has 0 radical (unpaired) electrons. The Morgan fingerprint density at radius 3 is 2.67 bits per heavy atom. The van der Waals surface area contributed by atoms with Crippen molar-refractivity contribution in [3.63, 3.8) is 0 Å². The maximum atomic E-state index is 11.8. The number of nitrogens with one attached hydrogen (secondary N) is 1. The second-order valence-electron chi connectivity index (χ2n) is 3.66. The van der Waals surface area contributed by atoms with Crippen molar-refractivity contribution in [2.45, 2.75) is 6.42 Å². The van der Waals surface area contributed by atoms with Crippen molar-refractivity contribution in [2.75, 3.05) is 6.54 Å². The summed E-state index contributed by atoms with van der Waals surface area (Å²) in [5.41, 5.74) is 2.53. The summed E-state index contributed by atoms with van der Waals surface area (Å²) in [4.78, 5) is 15.9. The molecule has 1 aromatic heterocycles. The maximum Gasteiger partial charge on any atom is 0.258 e. The van der Waals surface area contributed by atoms with Gasteiger partial charge in [0, 0.05) is 18.3 Å². The van der Waals surface area contributed by atoms with Crippen molar-refractivity contribution in [3.8, 4) is 11.5 Å². The van der Waals surface area contributed by atoms with E-state index >= 15 is 0 Å². The van der Waals surface area contributed by atoms with Crippen molar-refractivity contribution in [1.29, 1.82) is 0 Å². The van der Waals surface area contributed by atoms with Crippen LogP contribution in [0.3, 0.4) is 0 Å². The summed E-state index contributed by atoms with van der Waals surface area (Å²) in [6, 6.07) is 4.18. The van der Waals surface area contributed by atoms with E-state index in [4.69, 9.17) is 0 Å². The molecule has 2 rings (SSSR count). The summed E-state index contributed by atoms with van der Waals surface area (Å²) in [5, 5.41) is 23.6. The van der Waals surface area contributed by atoms with E-state index in [1.807, 2.05) is 5.38 Å². The minimum Gasteiger partial charge on any atom is -0.507 e. The average molecular weight is 264 g/mol. The van der Waals surface area contributed by atoms with Gasteiger partial charge in [-0.25, -0.2) is 4.98 Å². The first kappa shape index (κ1) is 12.4. The molecule has 0 fully saturated rings. The van der Waals surface area contributed by atoms with Crippen molar-refractivity contribution >= 4 is 17.2 Å². The van der Waals surface area contributed by atoms with Crippen LogP contribution in [0.2, 0.25) is 0 Å². The molecule has 0 unspecified atom stereocenters. The van der Waals surface area contributed by atoms with Crippen LogP contribution < -0.4 is 5.32 Å². The third-order valence-electron chi connectivity index (χ3n) is 2.40. The highest BCUT2D eigenvalue weighted by Crippen LogP contribution is 2.25. The Balaban J connectivity index is 1.96. The van der Waals surface area contributed by atoms with Gasteiger partial charge in [-0.05, 0) is 12.1 Å². The number of thiazole rings is 1. The SMILES string of the molecule is O=C(NCCc1cscn1)c1c(O)cccc1O. The van der Waals surface area contributed by atoms with E-state index < -0.39 is 5.91 Å². The number of rotatable bonds is 4. The van der Waals surface area contributed by atoms with Gasteiger partial charge in [0.25, 0.3) is 5.91 Å². The molecule has 0 spiro atoms. The minimum atomic E-state index is -0.499.